The molecule has 1 fully saturated rings. The predicted molar refractivity (Wildman–Crippen MR) is 71.7 cm³/mol. The van der Waals surface area contributed by atoms with Gasteiger partial charge < -0.3 is 14.2 Å². The van der Waals surface area contributed by atoms with Gasteiger partial charge in [0.15, 0.2) is 12.0 Å². The molecule has 0 aromatic carbocycles. The van der Waals surface area contributed by atoms with Gasteiger partial charge in [-0.15, -0.1) is 0 Å². The van der Waals surface area contributed by atoms with Gasteiger partial charge in [-0.05, 0) is 33.6 Å². The Morgan fingerprint density at radius 2 is 2.10 bits per heavy atom. The Bertz CT molecular complexity index is 482. The highest BCUT2D eigenvalue weighted by molar-refractivity contribution is 5.70. The third-order valence-corrected chi connectivity index (χ3v) is 3.23. The van der Waals surface area contributed by atoms with Crippen LogP contribution in [0.3, 0.4) is 0 Å². The molecule has 0 unspecified atom stereocenters. The third-order valence-electron chi connectivity index (χ3n) is 3.23. The van der Waals surface area contributed by atoms with Gasteiger partial charge in [-0.1, -0.05) is 5.16 Å². The first kappa shape index (κ1) is 14.6. The van der Waals surface area contributed by atoms with Gasteiger partial charge in [-0.25, -0.2) is 4.79 Å². The fourth-order valence-corrected chi connectivity index (χ4v) is 2.24. The number of carbonyl (C=O) groups excluding carboxylic acids is 2. The molecule has 20 heavy (non-hydrogen) atoms. The van der Waals surface area contributed by atoms with Crippen LogP contribution in [0.25, 0.3) is 0 Å². The summed E-state index contributed by atoms with van der Waals surface area (Å²) in [6.45, 7) is 6.82. The first-order valence-electron chi connectivity index (χ1n) is 6.79. The van der Waals surface area contributed by atoms with Gasteiger partial charge in [0.1, 0.15) is 5.60 Å². The quantitative estimate of drug-likeness (QED) is 0.778. The lowest BCUT2D eigenvalue weighted by molar-refractivity contribution is 0.0203. The molecular formula is C14H20N2O4. The number of nitrogens with zero attached hydrogens (tertiary/aromatic N) is 2. The van der Waals surface area contributed by atoms with Crippen LogP contribution in [0.5, 0.6) is 0 Å². The van der Waals surface area contributed by atoms with Crippen molar-refractivity contribution in [1.29, 1.82) is 0 Å². The van der Waals surface area contributed by atoms with Crippen molar-refractivity contribution in [2.24, 2.45) is 0 Å². The van der Waals surface area contributed by atoms with E-state index in [1.54, 1.807) is 11.0 Å². The molecule has 2 rings (SSSR count). The maximum Gasteiger partial charge on any atom is 0.410 e. The lowest BCUT2D eigenvalue weighted by Gasteiger charge is -2.32. The standard InChI is InChI=1S/C14H20N2O4/c1-14(2,3)19-13(18)16-6-4-10(5-7-16)12-8-11(9-17)20-15-12/h8-10H,4-7H2,1-3H3. The molecule has 1 aromatic rings. The summed E-state index contributed by atoms with van der Waals surface area (Å²) in [5.74, 6) is 0.473. The number of aldehydes is 1. The Morgan fingerprint density at radius 3 is 2.60 bits per heavy atom. The second-order valence-corrected chi connectivity index (χ2v) is 6.01. The molecule has 1 amide bonds. The maximum atomic E-state index is 11.9. The summed E-state index contributed by atoms with van der Waals surface area (Å²) in [6.07, 6.45) is 1.96. The average Bonchev–Trinajstić information content (AvgIpc) is 2.85. The van der Waals surface area contributed by atoms with Crippen LogP contribution in [0.15, 0.2) is 10.6 Å². The molecule has 1 aromatic heterocycles. The van der Waals surface area contributed by atoms with Gasteiger partial charge in [0.05, 0.1) is 5.69 Å². The number of aromatic nitrogens is 1. The summed E-state index contributed by atoms with van der Waals surface area (Å²) < 4.78 is 10.2. The summed E-state index contributed by atoms with van der Waals surface area (Å²) in [5, 5.41) is 3.90. The minimum Gasteiger partial charge on any atom is -0.444 e. The van der Waals surface area contributed by atoms with E-state index in [4.69, 9.17) is 9.26 Å². The molecule has 0 radical (unpaired) electrons. The van der Waals surface area contributed by atoms with E-state index in [0.717, 1.165) is 18.5 Å². The van der Waals surface area contributed by atoms with E-state index in [9.17, 15) is 9.59 Å². The zero-order chi connectivity index (χ0) is 14.8. The number of piperidine rings is 1. The lowest BCUT2D eigenvalue weighted by atomic mass is 9.94. The largest absolute Gasteiger partial charge is 0.444 e. The van der Waals surface area contributed by atoms with Crippen molar-refractivity contribution >= 4 is 12.4 Å². The molecule has 1 aliphatic rings. The van der Waals surface area contributed by atoms with E-state index in [1.807, 2.05) is 20.8 Å². The molecular weight excluding hydrogens is 260 g/mol. The van der Waals surface area contributed by atoms with Crippen LogP contribution < -0.4 is 0 Å². The summed E-state index contributed by atoms with van der Waals surface area (Å²) in [7, 11) is 0. The van der Waals surface area contributed by atoms with Crippen LogP contribution in [-0.2, 0) is 4.74 Å². The SMILES string of the molecule is CC(C)(C)OC(=O)N1CCC(c2cc(C=O)on2)CC1. The molecule has 0 bridgehead atoms. The van der Waals surface area contributed by atoms with Crippen molar-refractivity contribution in [3.05, 3.63) is 17.5 Å². The fraction of sp³-hybridized carbons (Fsp3) is 0.643. The maximum absolute atomic E-state index is 11.9. The zero-order valence-electron chi connectivity index (χ0n) is 12.1. The molecule has 0 N–H and O–H groups in total. The first-order chi connectivity index (χ1) is 9.39. The van der Waals surface area contributed by atoms with Crippen LogP contribution in [0.2, 0.25) is 0 Å². The number of likely N-dealkylation sites (tertiary alicyclic amines) is 1. The van der Waals surface area contributed by atoms with Crippen LogP contribution in [0, 0.1) is 0 Å². The summed E-state index contributed by atoms with van der Waals surface area (Å²) >= 11 is 0. The van der Waals surface area contributed by atoms with Gasteiger partial charge in [0.25, 0.3) is 0 Å². The monoisotopic (exact) mass is 280 g/mol. The number of amides is 1. The highest BCUT2D eigenvalue weighted by Crippen LogP contribution is 2.28. The predicted octanol–water partition coefficient (Wildman–Crippen LogP) is 2.60. The Labute approximate surface area is 118 Å². The van der Waals surface area contributed by atoms with Gasteiger partial charge in [0, 0.05) is 25.1 Å². The minimum absolute atomic E-state index is 0.228. The van der Waals surface area contributed by atoms with Gasteiger partial charge in [-0.2, -0.15) is 0 Å². The Balaban J connectivity index is 1.89. The van der Waals surface area contributed by atoms with Crippen LogP contribution >= 0.6 is 0 Å². The normalized spacial score (nSPS) is 17.1. The van der Waals surface area contributed by atoms with Gasteiger partial charge in [-0.3, -0.25) is 4.79 Å². The Kier molecular flexibility index (Phi) is 4.11. The molecule has 110 valence electrons. The molecule has 0 spiro atoms. The van der Waals surface area contributed by atoms with E-state index in [2.05, 4.69) is 5.16 Å². The van der Waals surface area contributed by atoms with E-state index < -0.39 is 5.60 Å². The van der Waals surface area contributed by atoms with Crippen molar-refractivity contribution in [2.75, 3.05) is 13.1 Å². The number of carbonyl (C=O) groups is 2. The molecule has 6 heteroatoms. The van der Waals surface area contributed by atoms with Crippen LogP contribution in [0.4, 0.5) is 4.79 Å². The molecule has 1 aliphatic heterocycles. The summed E-state index contributed by atoms with van der Waals surface area (Å²) in [6, 6.07) is 1.67. The van der Waals surface area contributed by atoms with Gasteiger partial charge >= 0.3 is 6.09 Å². The number of ether oxygens (including phenoxy) is 1. The smallest absolute Gasteiger partial charge is 0.410 e. The first-order valence-corrected chi connectivity index (χ1v) is 6.79. The van der Waals surface area contributed by atoms with E-state index in [0.29, 0.717) is 19.4 Å². The van der Waals surface area contributed by atoms with Crippen molar-refractivity contribution in [1.82, 2.24) is 10.1 Å². The Hall–Kier alpha value is -1.85. The van der Waals surface area contributed by atoms with Crippen molar-refractivity contribution in [3.8, 4) is 0 Å². The third kappa shape index (κ3) is 3.59. The zero-order valence-corrected chi connectivity index (χ0v) is 12.1. The highest BCUT2D eigenvalue weighted by Gasteiger charge is 2.28. The number of hydrogen-bond donors (Lipinski definition) is 0. The lowest BCUT2D eigenvalue weighted by Crippen LogP contribution is -2.41. The minimum atomic E-state index is -0.473. The summed E-state index contributed by atoms with van der Waals surface area (Å²) in [5.41, 5.74) is 0.315. The van der Waals surface area contributed by atoms with Gasteiger partial charge in [0.2, 0.25) is 0 Å². The average molecular weight is 280 g/mol. The van der Waals surface area contributed by atoms with Crippen LogP contribution in [0.1, 0.15) is 55.8 Å². The van der Waals surface area contributed by atoms with E-state index in [-0.39, 0.29) is 17.8 Å². The Morgan fingerprint density at radius 1 is 1.45 bits per heavy atom. The number of hydrogen-bond acceptors (Lipinski definition) is 5. The molecule has 1 saturated heterocycles. The fourth-order valence-electron chi connectivity index (χ4n) is 2.24. The van der Waals surface area contributed by atoms with E-state index in [1.165, 1.54) is 0 Å². The molecule has 6 nitrogen and oxygen atoms in total. The second kappa shape index (κ2) is 5.64. The second-order valence-electron chi connectivity index (χ2n) is 6.01. The highest BCUT2D eigenvalue weighted by atomic mass is 16.6. The summed E-state index contributed by atoms with van der Waals surface area (Å²) in [4.78, 5) is 24.2. The topological polar surface area (TPSA) is 72.6 Å². The van der Waals surface area contributed by atoms with Crippen molar-refractivity contribution in [2.45, 2.75) is 45.1 Å². The van der Waals surface area contributed by atoms with Crippen molar-refractivity contribution in [3.63, 3.8) is 0 Å². The van der Waals surface area contributed by atoms with Crippen LogP contribution in [-0.4, -0.2) is 41.1 Å². The molecule has 0 saturated carbocycles. The van der Waals surface area contributed by atoms with Crippen molar-refractivity contribution < 1.29 is 18.8 Å². The van der Waals surface area contributed by atoms with E-state index >= 15 is 0 Å². The number of rotatable bonds is 2. The molecule has 0 atom stereocenters. The molecule has 2 heterocycles. The molecule has 0 aliphatic carbocycles.